The molecule has 1 aromatic rings. The van der Waals surface area contributed by atoms with Gasteiger partial charge < -0.3 is 10.2 Å². The lowest BCUT2D eigenvalue weighted by Crippen LogP contribution is -2.48. The average Bonchev–Trinajstić information content (AvgIpc) is 3.00. The Morgan fingerprint density at radius 2 is 2.08 bits per heavy atom. The fourth-order valence-electron chi connectivity index (χ4n) is 3.03. The molecule has 25 heavy (non-hydrogen) atoms. The number of nitrogens with one attached hydrogen (secondary N) is 1. The summed E-state index contributed by atoms with van der Waals surface area (Å²) in [6.07, 6.45) is 0.758. The molecule has 1 N–H and O–H groups in total. The van der Waals surface area contributed by atoms with Gasteiger partial charge in [-0.2, -0.15) is 5.01 Å². The maximum atomic E-state index is 13.3. The van der Waals surface area contributed by atoms with Crippen LogP contribution in [-0.4, -0.2) is 34.4 Å². The van der Waals surface area contributed by atoms with E-state index >= 15 is 0 Å². The molecule has 1 aromatic carbocycles. The Morgan fingerprint density at radius 1 is 1.36 bits per heavy atom. The fourth-order valence-corrected chi connectivity index (χ4v) is 4.53. The summed E-state index contributed by atoms with van der Waals surface area (Å²) >= 11 is 7.20. The van der Waals surface area contributed by atoms with Gasteiger partial charge in [0.1, 0.15) is 0 Å². The van der Waals surface area contributed by atoms with Crippen LogP contribution in [0.5, 0.6) is 0 Å². The van der Waals surface area contributed by atoms with Gasteiger partial charge in [0.25, 0.3) is 5.91 Å². The van der Waals surface area contributed by atoms with Gasteiger partial charge in [-0.1, -0.05) is 18.5 Å². The van der Waals surface area contributed by atoms with Gasteiger partial charge in [-0.15, -0.1) is 5.10 Å². The van der Waals surface area contributed by atoms with Gasteiger partial charge in [0, 0.05) is 31.0 Å². The minimum absolute atomic E-state index is 0.209. The number of hydrogen-bond donors (Lipinski definition) is 1. The third-order valence-corrected chi connectivity index (χ3v) is 5.39. The lowest BCUT2D eigenvalue weighted by Gasteiger charge is -2.29. The van der Waals surface area contributed by atoms with E-state index in [-0.39, 0.29) is 17.0 Å². The predicted molar refractivity (Wildman–Crippen MR) is 97.1 cm³/mol. The molecule has 7 nitrogen and oxygen atoms in total. The second-order valence-corrected chi connectivity index (χ2v) is 7.40. The summed E-state index contributed by atoms with van der Waals surface area (Å²) in [4.78, 5) is 37.2. The number of amidine groups is 1. The molecule has 0 saturated heterocycles. The van der Waals surface area contributed by atoms with E-state index in [1.54, 1.807) is 23.1 Å². The minimum Gasteiger partial charge on any atom is -0.309 e. The van der Waals surface area contributed by atoms with Gasteiger partial charge >= 0.3 is 0 Å². The standard InChI is InChI=1S/C16H17ClN4O3S/c1-4-7-20-13-6-5-11(17)8-12(13)16(14(20)24)21(10(3)23)19-15(25-16)18-9(2)22/h5-6,8H,4,7H2,1-3H3,(H,18,19,22)/t16-/m0/s1. The maximum Gasteiger partial charge on any atom is 0.270 e. The van der Waals surface area contributed by atoms with Crippen LogP contribution in [0.3, 0.4) is 0 Å². The van der Waals surface area contributed by atoms with Gasteiger partial charge in [0.05, 0.1) is 5.69 Å². The lowest BCUT2D eigenvalue weighted by atomic mass is 10.1. The van der Waals surface area contributed by atoms with Gasteiger partial charge in [-0.3, -0.25) is 14.4 Å². The first-order valence-electron chi connectivity index (χ1n) is 7.79. The van der Waals surface area contributed by atoms with E-state index in [9.17, 15) is 14.4 Å². The predicted octanol–water partition coefficient (Wildman–Crippen LogP) is 2.25. The molecular weight excluding hydrogens is 364 g/mol. The van der Waals surface area contributed by atoms with Crippen molar-refractivity contribution in [3.05, 3.63) is 28.8 Å². The number of halogens is 1. The van der Waals surface area contributed by atoms with E-state index in [0.29, 0.717) is 22.8 Å². The molecule has 0 radical (unpaired) electrons. The summed E-state index contributed by atoms with van der Waals surface area (Å²) in [6, 6.07) is 5.16. The Labute approximate surface area is 154 Å². The van der Waals surface area contributed by atoms with E-state index in [1.807, 2.05) is 6.92 Å². The lowest BCUT2D eigenvalue weighted by molar-refractivity contribution is -0.139. The van der Waals surface area contributed by atoms with Gasteiger partial charge in [0.15, 0.2) is 5.17 Å². The number of fused-ring (bicyclic) bond motifs is 2. The Balaban J connectivity index is 2.17. The molecule has 1 spiro atoms. The van der Waals surface area contributed by atoms with Crippen LogP contribution in [0.2, 0.25) is 5.02 Å². The highest BCUT2D eigenvalue weighted by Crippen LogP contribution is 2.54. The van der Waals surface area contributed by atoms with Crippen LogP contribution in [-0.2, 0) is 19.3 Å². The Hall–Kier alpha value is -2.06. The minimum atomic E-state index is -1.38. The summed E-state index contributed by atoms with van der Waals surface area (Å²) in [5.74, 6) is -0.990. The van der Waals surface area contributed by atoms with Crippen LogP contribution in [0.1, 0.15) is 32.8 Å². The van der Waals surface area contributed by atoms with Crippen LogP contribution < -0.4 is 10.2 Å². The zero-order chi connectivity index (χ0) is 18.4. The Bertz CT molecular complexity index is 813. The molecule has 0 unspecified atom stereocenters. The molecule has 1 atom stereocenters. The molecule has 3 amide bonds. The largest absolute Gasteiger partial charge is 0.309 e. The van der Waals surface area contributed by atoms with Crippen molar-refractivity contribution in [3.8, 4) is 0 Å². The van der Waals surface area contributed by atoms with Gasteiger partial charge in [-0.25, -0.2) is 0 Å². The van der Waals surface area contributed by atoms with E-state index in [4.69, 9.17) is 11.6 Å². The number of carbonyl (C=O) groups excluding carboxylic acids is 3. The van der Waals surface area contributed by atoms with Crippen LogP contribution >= 0.6 is 23.4 Å². The Morgan fingerprint density at radius 3 is 2.68 bits per heavy atom. The molecule has 0 fully saturated rings. The molecule has 0 saturated carbocycles. The number of hydrogen-bond acceptors (Lipinski definition) is 5. The van der Waals surface area contributed by atoms with Crippen molar-refractivity contribution in [2.24, 2.45) is 5.10 Å². The number of carbonyl (C=O) groups is 3. The third kappa shape index (κ3) is 2.69. The molecule has 2 heterocycles. The SMILES string of the molecule is CCCN1C(=O)[C@@]2(SC(NC(C)=O)=NN2C(C)=O)c2cc(Cl)ccc21. The van der Waals surface area contributed by atoms with Crippen molar-refractivity contribution in [3.63, 3.8) is 0 Å². The molecule has 0 aliphatic carbocycles. The second-order valence-electron chi connectivity index (χ2n) is 5.78. The molecule has 3 rings (SSSR count). The maximum absolute atomic E-state index is 13.3. The summed E-state index contributed by atoms with van der Waals surface area (Å²) in [6.45, 7) is 5.16. The zero-order valence-electron chi connectivity index (χ0n) is 14.0. The average molecular weight is 381 g/mol. The first kappa shape index (κ1) is 17.8. The van der Waals surface area contributed by atoms with E-state index in [1.165, 1.54) is 13.8 Å². The van der Waals surface area contributed by atoms with E-state index in [0.717, 1.165) is 23.2 Å². The monoisotopic (exact) mass is 380 g/mol. The van der Waals surface area contributed by atoms with E-state index in [2.05, 4.69) is 10.4 Å². The highest BCUT2D eigenvalue weighted by Gasteiger charge is 2.61. The molecule has 2 aliphatic rings. The summed E-state index contributed by atoms with van der Waals surface area (Å²) in [5, 5.41) is 8.55. The quantitative estimate of drug-likeness (QED) is 0.853. The number of thioether (sulfide) groups is 1. The van der Waals surface area contributed by atoms with Crippen LogP contribution in [0.25, 0.3) is 0 Å². The van der Waals surface area contributed by atoms with E-state index < -0.39 is 10.8 Å². The van der Waals surface area contributed by atoms with Crippen molar-refractivity contribution in [2.45, 2.75) is 32.1 Å². The number of benzene rings is 1. The number of nitrogens with zero attached hydrogens (tertiary/aromatic N) is 3. The van der Waals surface area contributed by atoms with Crippen LogP contribution in [0.4, 0.5) is 5.69 Å². The van der Waals surface area contributed by atoms with Crippen LogP contribution in [0, 0.1) is 0 Å². The van der Waals surface area contributed by atoms with Crippen molar-refractivity contribution >= 4 is 51.9 Å². The highest BCUT2D eigenvalue weighted by molar-refractivity contribution is 8.15. The molecule has 2 aliphatic heterocycles. The third-order valence-electron chi connectivity index (χ3n) is 3.91. The molecule has 0 aromatic heterocycles. The Kier molecular flexibility index (Phi) is 4.51. The van der Waals surface area contributed by atoms with Crippen molar-refractivity contribution in [1.29, 1.82) is 0 Å². The van der Waals surface area contributed by atoms with Crippen LogP contribution in [0.15, 0.2) is 23.3 Å². The van der Waals surface area contributed by atoms with Gasteiger partial charge in [0.2, 0.25) is 16.7 Å². The van der Waals surface area contributed by atoms with Gasteiger partial charge in [-0.05, 0) is 36.4 Å². The smallest absolute Gasteiger partial charge is 0.270 e. The summed E-state index contributed by atoms with van der Waals surface area (Å²) < 4.78 is 0. The molecule has 0 bridgehead atoms. The molecular formula is C16H17ClN4O3S. The number of hydrazone groups is 1. The topological polar surface area (TPSA) is 82.1 Å². The first-order valence-corrected chi connectivity index (χ1v) is 8.98. The van der Waals surface area contributed by atoms with Crippen molar-refractivity contribution < 1.29 is 14.4 Å². The molecule has 9 heteroatoms. The first-order chi connectivity index (χ1) is 11.8. The molecule has 132 valence electrons. The zero-order valence-corrected chi connectivity index (χ0v) is 15.6. The second kappa shape index (κ2) is 6.34. The number of anilines is 1. The summed E-state index contributed by atoms with van der Waals surface area (Å²) in [7, 11) is 0. The number of amides is 3. The van der Waals surface area contributed by atoms with Crippen molar-refractivity contribution in [2.75, 3.05) is 11.4 Å². The summed E-state index contributed by atoms with van der Waals surface area (Å²) in [5.41, 5.74) is 1.30. The fraction of sp³-hybridized carbons (Fsp3) is 0.375. The normalized spacial score (nSPS) is 21.6. The van der Waals surface area contributed by atoms with Crippen molar-refractivity contribution in [1.82, 2.24) is 10.3 Å². The highest BCUT2D eigenvalue weighted by atomic mass is 35.5. The number of rotatable bonds is 2.